The molecule has 1 aliphatic rings. The first kappa shape index (κ1) is 34.6. The van der Waals surface area contributed by atoms with Crippen LogP contribution in [-0.2, 0) is 18.4 Å². The van der Waals surface area contributed by atoms with E-state index in [0.29, 0.717) is 0 Å². The zero-order valence-electron chi connectivity index (χ0n) is 16.4. The van der Waals surface area contributed by atoms with Crippen LogP contribution in [0.2, 0.25) is 0 Å². The maximum atomic E-state index is 11.7. The number of anilines is 1. The van der Waals surface area contributed by atoms with Gasteiger partial charge in [-0.15, -0.1) is 6.42 Å². The van der Waals surface area contributed by atoms with Gasteiger partial charge >= 0.3 is 29.2 Å². The van der Waals surface area contributed by atoms with E-state index >= 15 is 0 Å². The summed E-state index contributed by atoms with van der Waals surface area (Å²) in [6.45, 7) is -0.557. The second-order valence-corrected chi connectivity index (χ2v) is 8.79. The van der Waals surface area contributed by atoms with Gasteiger partial charge in [0, 0.05) is 6.20 Å². The van der Waals surface area contributed by atoms with E-state index < -0.39 is 59.8 Å². The highest BCUT2D eigenvalue weighted by Crippen LogP contribution is 2.37. The molecule has 2 rings (SSSR count). The number of ether oxygens (including phenoxy) is 1. The van der Waals surface area contributed by atoms with Gasteiger partial charge in [0.15, 0.2) is 11.8 Å². The molecule has 34 heavy (non-hydrogen) atoms. The Balaban J connectivity index is 0. The number of nitrogen functional groups attached to an aromatic ring is 1. The highest BCUT2D eigenvalue weighted by Gasteiger charge is 2.55. The van der Waals surface area contributed by atoms with Gasteiger partial charge in [-0.3, -0.25) is 4.57 Å². The molecule has 1 fully saturated rings. The number of hydrogen-bond donors (Lipinski definition) is 13. The Hall–Kier alpha value is -1.59. The number of aliphatic hydroxyl groups is 3. The third-order valence-electron chi connectivity index (χ3n) is 3.00. The molecule has 0 aliphatic carbocycles. The topological polar surface area (TPSA) is 364 Å². The number of hydrogen-bond acceptors (Lipinski definition) is 10. The fourth-order valence-corrected chi connectivity index (χ4v) is 1.95. The smallest absolute Gasteiger partial charge is 0.394 e. The van der Waals surface area contributed by atoms with Gasteiger partial charge in [0.25, 0.3) is 0 Å². The molecule has 198 valence electrons. The molecular weight excluding hydrogens is 539 g/mol. The standard InChI is InChI=1S/C11H13N3O5.3H3O4P/c1-2-11(18)8(16)6(5-15)19-9(11)14-4-3-7(12)13-10(14)17;3*1-5(2,3)4/h1,3-4,6,8-9,15-16,18H,5H2,(H2,12,13,17);3*(H3,1,2,3,4)/t6-,8-,9-,11+;;;/m1.../s1. The van der Waals surface area contributed by atoms with Crippen LogP contribution in [0.1, 0.15) is 6.23 Å². The number of rotatable bonds is 2. The second-order valence-electron chi connectivity index (χ2n) is 5.71. The minimum Gasteiger partial charge on any atom is -0.394 e. The highest BCUT2D eigenvalue weighted by molar-refractivity contribution is 7.45. The molecule has 0 amide bonds. The van der Waals surface area contributed by atoms with Crippen molar-refractivity contribution in [1.82, 2.24) is 9.55 Å². The fraction of sp³-hybridized carbons (Fsp3) is 0.455. The molecule has 0 aromatic carbocycles. The van der Waals surface area contributed by atoms with Crippen molar-refractivity contribution < 1.29 is 77.8 Å². The van der Waals surface area contributed by atoms with Crippen molar-refractivity contribution >= 4 is 29.3 Å². The SMILES string of the molecule is C#C[C@]1(O)[C@H](O)[C@@H](CO)O[C@H]1n1ccc(N)nc1=O.O=P(O)(O)O.O=P(O)(O)O.O=P(O)(O)O. The number of terminal acetylenes is 1. The zero-order valence-corrected chi connectivity index (χ0v) is 19.1. The first-order chi connectivity index (χ1) is 14.9. The Bertz CT molecular complexity index is 951. The number of aromatic nitrogens is 2. The zero-order chi connectivity index (χ0) is 27.7. The lowest BCUT2D eigenvalue weighted by molar-refractivity contribution is -0.0763. The van der Waals surface area contributed by atoms with Crippen molar-refractivity contribution in [3.8, 4) is 12.3 Å². The summed E-state index contributed by atoms with van der Waals surface area (Å²) in [4.78, 5) is 79.9. The van der Waals surface area contributed by atoms with Crippen molar-refractivity contribution in [2.24, 2.45) is 0 Å². The predicted molar refractivity (Wildman–Crippen MR) is 106 cm³/mol. The van der Waals surface area contributed by atoms with E-state index in [4.69, 9.17) is 79.7 Å². The largest absolute Gasteiger partial charge is 0.466 e. The maximum absolute atomic E-state index is 11.7. The van der Waals surface area contributed by atoms with Gasteiger partial charge in [-0.25, -0.2) is 18.5 Å². The van der Waals surface area contributed by atoms with E-state index in [0.717, 1.165) is 4.57 Å². The third kappa shape index (κ3) is 16.1. The van der Waals surface area contributed by atoms with Crippen LogP contribution >= 0.6 is 23.5 Å². The lowest BCUT2D eigenvalue weighted by atomic mass is 9.95. The van der Waals surface area contributed by atoms with E-state index in [2.05, 4.69) is 4.98 Å². The van der Waals surface area contributed by atoms with E-state index in [9.17, 15) is 15.0 Å². The van der Waals surface area contributed by atoms with Gasteiger partial charge in [-0.2, -0.15) is 4.98 Å². The summed E-state index contributed by atoms with van der Waals surface area (Å²) in [5, 5.41) is 29.1. The van der Waals surface area contributed by atoms with Gasteiger partial charge in [-0.05, 0) is 6.07 Å². The van der Waals surface area contributed by atoms with Crippen molar-refractivity contribution in [3.05, 3.63) is 22.7 Å². The first-order valence-electron chi connectivity index (χ1n) is 7.78. The monoisotopic (exact) mass is 561 g/mol. The molecule has 0 radical (unpaired) electrons. The van der Waals surface area contributed by atoms with Crippen molar-refractivity contribution in [2.45, 2.75) is 24.0 Å². The molecule has 23 heteroatoms. The molecular formula is C11H22N3O17P3. The van der Waals surface area contributed by atoms with Crippen LogP contribution in [0.4, 0.5) is 5.82 Å². The first-order valence-corrected chi connectivity index (χ1v) is 12.5. The van der Waals surface area contributed by atoms with E-state index in [1.807, 2.05) is 5.92 Å². The average molecular weight is 561 g/mol. The van der Waals surface area contributed by atoms with E-state index in [-0.39, 0.29) is 5.82 Å². The van der Waals surface area contributed by atoms with Gasteiger partial charge in [0.2, 0.25) is 0 Å². The maximum Gasteiger partial charge on any atom is 0.466 e. The van der Waals surface area contributed by atoms with Crippen molar-refractivity contribution in [1.29, 1.82) is 0 Å². The van der Waals surface area contributed by atoms with Crippen molar-refractivity contribution in [3.63, 3.8) is 0 Å². The molecule has 0 bridgehead atoms. The lowest BCUT2D eigenvalue weighted by Crippen LogP contribution is -2.47. The Morgan fingerprint density at radius 3 is 1.74 bits per heavy atom. The minimum absolute atomic E-state index is 0.00255. The normalized spacial score (nSPS) is 24.3. The predicted octanol–water partition coefficient (Wildman–Crippen LogP) is -5.35. The van der Waals surface area contributed by atoms with Gasteiger partial charge < -0.3 is 69.8 Å². The molecule has 1 aromatic rings. The van der Waals surface area contributed by atoms with E-state index in [1.165, 1.54) is 12.3 Å². The van der Waals surface area contributed by atoms with Gasteiger partial charge in [0.1, 0.15) is 18.0 Å². The number of nitrogens with zero attached hydrogens (tertiary/aromatic N) is 2. The summed E-state index contributed by atoms with van der Waals surface area (Å²) in [5.41, 5.74) is 2.42. The Morgan fingerprint density at radius 2 is 1.44 bits per heavy atom. The average Bonchev–Trinajstić information content (AvgIpc) is 2.82. The van der Waals surface area contributed by atoms with Crippen LogP contribution in [-0.4, -0.2) is 93.3 Å². The summed E-state index contributed by atoms with van der Waals surface area (Å²) in [7, 11) is -13.9. The molecule has 0 unspecified atom stereocenters. The number of nitrogens with two attached hydrogens (primary N) is 1. The van der Waals surface area contributed by atoms with E-state index in [1.54, 1.807) is 0 Å². The summed E-state index contributed by atoms with van der Waals surface area (Å²) < 4.78 is 32.8. The van der Waals surface area contributed by atoms with Crippen LogP contribution < -0.4 is 11.4 Å². The van der Waals surface area contributed by atoms with Gasteiger partial charge in [0.05, 0.1) is 6.61 Å². The van der Waals surface area contributed by atoms with Crippen molar-refractivity contribution in [2.75, 3.05) is 12.3 Å². The minimum atomic E-state index is -4.64. The molecule has 1 aliphatic heterocycles. The summed E-state index contributed by atoms with van der Waals surface area (Å²) in [6.07, 6.45) is 2.45. The summed E-state index contributed by atoms with van der Waals surface area (Å²) in [5.74, 6) is 2.00. The quantitative estimate of drug-likeness (QED) is 0.118. The second kappa shape index (κ2) is 13.5. The van der Waals surface area contributed by atoms with Crippen LogP contribution in [0.15, 0.2) is 17.1 Å². The highest BCUT2D eigenvalue weighted by atomic mass is 31.2. The molecule has 4 atom stereocenters. The number of aliphatic hydroxyl groups excluding tert-OH is 2. The Morgan fingerprint density at radius 1 is 1.06 bits per heavy atom. The molecule has 20 nitrogen and oxygen atoms in total. The third-order valence-corrected chi connectivity index (χ3v) is 3.00. The fourth-order valence-electron chi connectivity index (χ4n) is 1.95. The van der Waals surface area contributed by atoms with Crippen LogP contribution in [0, 0.1) is 12.3 Å². The molecule has 14 N–H and O–H groups in total. The van der Waals surface area contributed by atoms with Crippen LogP contribution in [0.25, 0.3) is 0 Å². The summed E-state index contributed by atoms with van der Waals surface area (Å²) >= 11 is 0. The Labute approximate surface area is 188 Å². The number of phosphoric acid groups is 3. The molecule has 1 aromatic heterocycles. The summed E-state index contributed by atoms with van der Waals surface area (Å²) in [6, 6.07) is 1.32. The van der Waals surface area contributed by atoms with Crippen LogP contribution in [0.5, 0.6) is 0 Å². The molecule has 2 heterocycles. The molecule has 0 spiro atoms. The molecule has 0 saturated carbocycles. The van der Waals surface area contributed by atoms with Gasteiger partial charge in [-0.1, -0.05) is 5.92 Å². The lowest BCUT2D eigenvalue weighted by Gasteiger charge is -2.26. The van der Waals surface area contributed by atoms with Crippen LogP contribution in [0.3, 0.4) is 0 Å². The Kier molecular flexibility index (Phi) is 13.7. The molecule has 1 saturated heterocycles.